The number of rotatable bonds is 4. The molecule has 10 heteroatoms. The second-order valence-electron chi connectivity index (χ2n) is 6.96. The van der Waals surface area contributed by atoms with Crippen molar-refractivity contribution in [1.29, 1.82) is 0 Å². The highest BCUT2D eigenvalue weighted by atomic mass is 32.2. The Morgan fingerprint density at radius 1 is 0.966 bits per heavy atom. The van der Waals surface area contributed by atoms with E-state index in [-0.39, 0.29) is 11.5 Å². The van der Waals surface area contributed by atoms with Gasteiger partial charge < -0.3 is 4.90 Å². The normalized spacial score (nSPS) is 16.7. The summed E-state index contributed by atoms with van der Waals surface area (Å²) in [5.41, 5.74) is -0.155. The molecule has 1 saturated heterocycles. The molecule has 2 N–H and O–H groups in total. The lowest BCUT2D eigenvalue weighted by atomic mass is 10.1. The lowest BCUT2D eigenvalue weighted by molar-refractivity contribution is -0.137. The first-order chi connectivity index (χ1) is 13.5. The molecule has 5 nitrogen and oxygen atoms in total. The van der Waals surface area contributed by atoms with Crippen LogP contribution in [0.3, 0.4) is 0 Å². The Balaban J connectivity index is 1.79. The molecule has 0 radical (unpaired) electrons. The molecule has 1 heterocycles. The Labute approximate surface area is 166 Å². The first-order valence-corrected chi connectivity index (χ1v) is 10.5. The van der Waals surface area contributed by atoms with E-state index in [0.717, 1.165) is 17.7 Å². The number of nitrogens with zero attached hydrogens (tertiary/aromatic N) is 2. The summed E-state index contributed by atoms with van der Waals surface area (Å²) in [5.74, 6) is -0.321. The van der Waals surface area contributed by atoms with Crippen molar-refractivity contribution in [2.45, 2.75) is 24.0 Å². The number of anilines is 1. The van der Waals surface area contributed by atoms with Crippen LogP contribution < -0.4 is 10.0 Å². The molecule has 2 aromatic rings. The fourth-order valence-electron chi connectivity index (χ4n) is 3.41. The molecule has 0 amide bonds. The predicted molar refractivity (Wildman–Crippen MR) is 101 cm³/mol. The van der Waals surface area contributed by atoms with E-state index in [2.05, 4.69) is 4.90 Å². The van der Waals surface area contributed by atoms with Gasteiger partial charge in [-0.1, -0.05) is 12.1 Å². The van der Waals surface area contributed by atoms with Gasteiger partial charge in [0.2, 0.25) is 10.0 Å². The average Bonchev–Trinajstić information content (AvgIpc) is 2.87. The van der Waals surface area contributed by atoms with Crippen LogP contribution in [0, 0.1) is 5.82 Å². The number of hydrogen-bond acceptors (Lipinski definition) is 4. The van der Waals surface area contributed by atoms with Crippen LogP contribution in [0.2, 0.25) is 0 Å². The third-order valence-corrected chi connectivity index (χ3v) is 5.76. The molecular formula is C19H21F4N3O2S. The average molecular weight is 431 g/mol. The van der Waals surface area contributed by atoms with Crippen LogP contribution in [0.15, 0.2) is 47.4 Å². The van der Waals surface area contributed by atoms with Gasteiger partial charge in [0.1, 0.15) is 5.82 Å². The molecule has 158 valence electrons. The molecule has 0 aromatic heterocycles. The van der Waals surface area contributed by atoms with Crippen LogP contribution in [0.25, 0.3) is 0 Å². The Kier molecular flexibility index (Phi) is 6.16. The van der Waals surface area contributed by atoms with Crippen LogP contribution in [-0.2, 0) is 22.7 Å². The number of nitrogens with two attached hydrogens (primary N) is 1. The zero-order chi connectivity index (χ0) is 21.2. The first-order valence-electron chi connectivity index (χ1n) is 9.00. The maximum absolute atomic E-state index is 13.6. The van der Waals surface area contributed by atoms with E-state index in [0.29, 0.717) is 45.2 Å². The van der Waals surface area contributed by atoms with Crippen LogP contribution in [0.1, 0.15) is 17.5 Å². The maximum Gasteiger partial charge on any atom is 0.418 e. The smallest absolute Gasteiger partial charge is 0.370 e. The second kappa shape index (κ2) is 8.29. The third-order valence-electron chi connectivity index (χ3n) is 4.85. The van der Waals surface area contributed by atoms with Crippen LogP contribution in [0.4, 0.5) is 23.2 Å². The summed E-state index contributed by atoms with van der Waals surface area (Å²) in [4.78, 5) is 3.14. The quantitative estimate of drug-likeness (QED) is 0.755. The van der Waals surface area contributed by atoms with Gasteiger partial charge in [0.25, 0.3) is 0 Å². The maximum atomic E-state index is 13.6. The lowest BCUT2D eigenvalue weighted by Gasteiger charge is -2.27. The number of primary sulfonamides is 1. The minimum Gasteiger partial charge on any atom is -0.370 e. The Bertz CT molecular complexity index is 962. The van der Waals surface area contributed by atoms with Gasteiger partial charge in [-0.25, -0.2) is 17.9 Å². The third kappa shape index (κ3) is 5.46. The summed E-state index contributed by atoms with van der Waals surface area (Å²) >= 11 is 0. The molecule has 0 unspecified atom stereocenters. The molecule has 3 rings (SSSR count). The summed E-state index contributed by atoms with van der Waals surface area (Å²) in [5, 5.41) is 4.98. The van der Waals surface area contributed by atoms with Gasteiger partial charge >= 0.3 is 6.18 Å². The molecule has 0 spiro atoms. The Hall–Kier alpha value is -2.17. The van der Waals surface area contributed by atoms with Crippen LogP contribution >= 0.6 is 0 Å². The topological polar surface area (TPSA) is 66.6 Å². The van der Waals surface area contributed by atoms with Gasteiger partial charge in [-0.3, -0.25) is 4.90 Å². The number of alkyl halides is 3. The van der Waals surface area contributed by atoms with E-state index >= 15 is 0 Å². The van der Waals surface area contributed by atoms with E-state index in [1.807, 2.05) is 0 Å². The van der Waals surface area contributed by atoms with Crippen molar-refractivity contribution in [3.63, 3.8) is 0 Å². The van der Waals surface area contributed by atoms with Crippen molar-refractivity contribution >= 4 is 15.7 Å². The largest absolute Gasteiger partial charge is 0.418 e. The van der Waals surface area contributed by atoms with E-state index in [1.54, 1.807) is 17.0 Å². The summed E-state index contributed by atoms with van der Waals surface area (Å²) in [6.45, 7) is 2.53. The number of sulfonamides is 1. The molecule has 2 aromatic carbocycles. The summed E-state index contributed by atoms with van der Waals surface area (Å²) in [6.07, 6.45) is -4.08. The van der Waals surface area contributed by atoms with Crippen molar-refractivity contribution in [2.24, 2.45) is 5.14 Å². The molecule has 0 bridgehead atoms. The molecule has 29 heavy (non-hydrogen) atoms. The van der Waals surface area contributed by atoms with Crippen molar-refractivity contribution < 1.29 is 26.0 Å². The zero-order valence-corrected chi connectivity index (χ0v) is 16.3. The van der Waals surface area contributed by atoms with Crippen LogP contribution in [0.5, 0.6) is 0 Å². The minimum absolute atomic E-state index is 0.0615. The van der Waals surface area contributed by atoms with E-state index < -0.39 is 26.7 Å². The van der Waals surface area contributed by atoms with E-state index in [1.165, 1.54) is 12.1 Å². The highest BCUT2D eigenvalue weighted by Gasteiger charge is 2.36. The van der Waals surface area contributed by atoms with Crippen LogP contribution in [-0.4, -0.2) is 39.5 Å². The lowest BCUT2D eigenvalue weighted by Crippen LogP contribution is -2.32. The van der Waals surface area contributed by atoms with Gasteiger partial charge in [0.05, 0.1) is 10.5 Å². The monoisotopic (exact) mass is 431 g/mol. The number of benzene rings is 2. The molecule has 1 aliphatic rings. The SMILES string of the molecule is NS(=O)(=O)c1ccc(N2CCCN(Cc3ccc(F)cc3)CC2)c(C(F)(F)F)c1. The Morgan fingerprint density at radius 3 is 2.28 bits per heavy atom. The van der Waals surface area contributed by atoms with Gasteiger partial charge in [-0.2, -0.15) is 13.2 Å². The molecule has 1 fully saturated rings. The molecule has 0 saturated carbocycles. The summed E-state index contributed by atoms with van der Waals surface area (Å²) in [7, 11) is -4.24. The summed E-state index contributed by atoms with van der Waals surface area (Å²) in [6, 6.07) is 8.98. The standard InChI is InChI=1S/C19H21F4N3O2S/c20-15-4-2-14(3-5-15)13-25-8-1-9-26(11-10-25)18-7-6-16(29(24,27)28)12-17(18)19(21,22)23/h2-7,12H,1,8-11,13H2,(H2,24,27,28). The van der Waals surface area contributed by atoms with Crippen molar-refractivity contribution in [3.8, 4) is 0 Å². The number of hydrogen-bond donors (Lipinski definition) is 1. The van der Waals surface area contributed by atoms with Gasteiger partial charge in [-0.15, -0.1) is 0 Å². The van der Waals surface area contributed by atoms with E-state index in [9.17, 15) is 26.0 Å². The Morgan fingerprint density at radius 2 is 1.66 bits per heavy atom. The van der Waals surface area contributed by atoms with Crippen molar-refractivity contribution in [3.05, 3.63) is 59.4 Å². The van der Waals surface area contributed by atoms with Gasteiger partial charge in [0, 0.05) is 38.4 Å². The van der Waals surface area contributed by atoms with Gasteiger partial charge in [0.15, 0.2) is 0 Å². The minimum atomic E-state index is -4.71. The molecule has 1 aliphatic heterocycles. The zero-order valence-electron chi connectivity index (χ0n) is 15.5. The van der Waals surface area contributed by atoms with Crippen molar-refractivity contribution in [2.75, 3.05) is 31.1 Å². The highest BCUT2D eigenvalue weighted by Crippen LogP contribution is 2.38. The second-order valence-corrected chi connectivity index (χ2v) is 8.53. The van der Waals surface area contributed by atoms with Crippen molar-refractivity contribution in [1.82, 2.24) is 4.90 Å². The van der Waals surface area contributed by atoms with E-state index in [4.69, 9.17) is 5.14 Å². The molecular weight excluding hydrogens is 410 g/mol. The van der Waals surface area contributed by atoms with Gasteiger partial charge in [-0.05, 0) is 42.3 Å². The molecule has 0 atom stereocenters. The number of halogens is 4. The fourth-order valence-corrected chi connectivity index (χ4v) is 3.95. The first kappa shape index (κ1) is 21.5. The molecule has 0 aliphatic carbocycles. The summed E-state index contributed by atoms with van der Waals surface area (Å²) < 4.78 is 76.7. The highest BCUT2D eigenvalue weighted by molar-refractivity contribution is 7.89. The predicted octanol–water partition coefficient (Wildman–Crippen LogP) is 3.20. The fraction of sp³-hybridized carbons (Fsp3) is 0.368.